The fourth-order valence-electron chi connectivity index (χ4n) is 1.42. The molecule has 0 saturated carbocycles. The van der Waals surface area contributed by atoms with Gasteiger partial charge in [-0.25, -0.2) is 4.98 Å². The SMILES string of the molecule is Cc1ccccc1-c1n[nH]c(C(C)N)n1. The molecule has 3 N–H and O–H groups in total. The van der Waals surface area contributed by atoms with Crippen LogP contribution in [0.1, 0.15) is 24.4 Å². The van der Waals surface area contributed by atoms with Gasteiger partial charge in [-0.3, -0.25) is 5.10 Å². The lowest BCUT2D eigenvalue weighted by atomic mass is 10.1. The molecule has 0 spiro atoms. The Morgan fingerprint density at radius 2 is 2.07 bits per heavy atom. The summed E-state index contributed by atoms with van der Waals surface area (Å²) in [5.41, 5.74) is 7.91. The topological polar surface area (TPSA) is 67.6 Å². The van der Waals surface area contributed by atoms with Crippen molar-refractivity contribution in [1.29, 1.82) is 0 Å². The van der Waals surface area contributed by atoms with Crippen molar-refractivity contribution in [1.82, 2.24) is 15.2 Å². The van der Waals surface area contributed by atoms with Gasteiger partial charge in [-0.05, 0) is 19.4 Å². The molecule has 0 aliphatic heterocycles. The monoisotopic (exact) mass is 202 g/mol. The van der Waals surface area contributed by atoms with Gasteiger partial charge in [-0.1, -0.05) is 24.3 Å². The molecule has 1 atom stereocenters. The third kappa shape index (κ3) is 1.89. The molecule has 1 aromatic heterocycles. The van der Waals surface area contributed by atoms with Crippen LogP contribution < -0.4 is 5.73 Å². The maximum atomic E-state index is 5.71. The van der Waals surface area contributed by atoms with Gasteiger partial charge in [-0.15, -0.1) is 0 Å². The first-order chi connectivity index (χ1) is 7.18. The lowest BCUT2D eigenvalue weighted by Gasteiger charge is -1.99. The van der Waals surface area contributed by atoms with Crippen LogP contribution in [-0.4, -0.2) is 15.2 Å². The lowest BCUT2D eigenvalue weighted by Crippen LogP contribution is -2.06. The first-order valence-electron chi connectivity index (χ1n) is 4.92. The van der Waals surface area contributed by atoms with Crippen molar-refractivity contribution in [3.8, 4) is 11.4 Å². The fraction of sp³-hybridized carbons (Fsp3) is 0.273. The molecule has 0 aliphatic carbocycles. The Balaban J connectivity index is 2.42. The second-order valence-corrected chi connectivity index (χ2v) is 3.65. The number of benzene rings is 1. The molecule has 1 unspecified atom stereocenters. The number of hydrogen-bond donors (Lipinski definition) is 2. The quantitative estimate of drug-likeness (QED) is 0.780. The molecular formula is C11H14N4. The Bertz CT molecular complexity index is 459. The summed E-state index contributed by atoms with van der Waals surface area (Å²) in [6, 6.07) is 7.90. The van der Waals surface area contributed by atoms with Gasteiger partial charge in [0.25, 0.3) is 0 Å². The second-order valence-electron chi connectivity index (χ2n) is 3.65. The number of rotatable bonds is 2. The van der Waals surface area contributed by atoms with Crippen molar-refractivity contribution in [2.45, 2.75) is 19.9 Å². The van der Waals surface area contributed by atoms with Crippen molar-refractivity contribution in [2.75, 3.05) is 0 Å². The highest BCUT2D eigenvalue weighted by molar-refractivity contribution is 5.59. The molecule has 4 heteroatoms. The minimum absolute atomic E-state index is 0.115. The van der Waals surface area contributed by atoms with E-state index in [1.807, 2.05) is 38.1 Å². The van der Waals surface area contributed by atoms with Crippen LogP contribution >= 0.6 is 0 Å². The van der Waals surface area contributed by atoms with Gasteiger partial charge in [0.2, 0.25) is 0 Å². The van der Waals surface area contributed by atoms with Crippen molar-refractivity contribution in [2.24, 2.45) is 5.73 Å². The van der Waals surface area contributed by atoms with Crippen LogP contribution in [0.25, 0.3) is 11.4 Å². The Morgan fingerprint density at radius 1 is 1.33 bits per heavy atom. The number of nitrogens with zero attached hydrogens (tertiary/aromatic N) is 2. The van der Waals surface area contributed by atoms with Crippen LogP contribution in [0.2, 0.25) is 0 Å². The number of H-pyrrole nitrogens is 1. The van der Waals surface area contributed by atoms with Gasteiger partial charge in [0.05, 0.1) is 6.04 Å². The van der Waals surface area contributed by atoms with Crippen LogP contribution in [0.4, 0.5) is 0 Å². The van der Waals surface area contributed by atoms with Crippen LogP contribution in [0.3, 0.4) is 0 Å². The fourth-order valence-corrected chi connectivity index (χ4v) is 1.42. The maximum absolute atomic E-state index is 5.71. The third-order valence-electron chi connectivity index (χ3n) is 2.32. The van der Waals surface area contributed by atoms with Crippen LogP contribution in [0.5, 0.6) is 0 Å². The highest BCUT2D eigenvalue weighted by Gasteiger charge is 2.09. The van der Waals surface area contributed by atoms with Gasteiger partial charge in [-0.2, -0.15) is 5.10 Å². The molecule has 0 amide bonds. The van der Waals surface area contributed by atoms with E-state index in [0.29, 0.717) is 11.6 Å². The molecular weight excluding hydrogens is 188 g/mol. The van der Waals surface area contributed by atoms with Crippen molar-refractivity contribution in [3.05, 3.63) is 35.7 Å². The van der Waals surface area contributed by atoms with Crippen LogP contribution in [-0.2, 0) is 0 Å². The standard InChI is InChI=1S/C11H14N4/c1-7-5-3-4-6-9(7)11-13-10(8(2)12)14-15-11/h3-6,8H,12H2,1-2H3,(H,13,14,15). The summed E-state index contributed by atoms with van der Waals surface area (Å²) >= 11 is 0. The minimum atomic E-state index is -0.115. The van der Waals surface area contributed by atoms with Gasteiger partial charge in [0.1, 0.15) is 5.82 Å². The number of nitrogens with one attached hydrogen (secondary N) is 1. The van der Waals surface area contributed by atoms with Crippen LogP contribution in [0.15, 0.2) is 24.3 Å². The molecule has 0 fully saturated rings. The first kappa shape index (κ1) is 9.86. The lowest BCUT2D eigenvalue weighted by molar-refractivity contribution is 0.745. The number of aryl methyl sites for hydroxylation is 1. The molecule has 0 aliphatic rings. The van der Waals surface area contributed by atoms with E-state index in [2.05, 4.69) is 15.2 Å². The first-order valence-corrected chi connectivity index (χ1v) is 4.92. The Labute approximate surface area is 88.5 Å². The van der Waals surface area contributed by atoms with Gasteiger partial charge in [0.15, 0.2) is 5.82 Å². The summed E-state index contributed by atoms with van der Waals surface area (Å²) in [6.07, 6.45) is 0. The smallest absolute Gasteiger partial charge is 0.181 e. The van der Waals surface area contributed by atoms with E-state index in [4.69, 9.17) is 5.73 Å². The molecule has 15 heavy (non-hydrogen) atoms. The summed E-state index contributed by atoms with van der Waals surface area (Å²) in [5, 5.41) is 7.00. The average Bonchev–Trinajstić information content (AvgIpc) is 2.67. The predicted molar refractivity (Wildman–Crippen MR) is 59.2 cm³/mol. The zero-order chi connectivity index (χ0) is 10.8. The predicted octanol–water partition coefficient (Wildman–Crippen LogP) is 1.80. The minimum Gasteiger partial charge on any atom is -0.322 e. The summed E-state index contributed by atoms with van der Waals surface area (Å²) in [6.45, 7) is 3.92. The van der Waals surface area contributed by atoms with Crippen molar-refractivity contribution >= 4 is 0 Å². The second kappa shape index (κ2) is 3.82. The van der Waals surface area contributed by atoms with Gasteiger partial charge >= 0.3 is 0 Å². The summed E-state index contributed by atoms with van der Waals surface area (Å²) < 4.78 is 0. The molecule has 0 bridgehead atoms. The number of hydrogen-bond acceptors (Lipinski definition) is 3. The summed E-state index contributed by atoms with van der Waals surface area (Å²) in [7, 11) is 0. The molecule has 1 aromatic carbocycles. The third-order valence-corrected chi connectivity index (χ3v) is 2.32. The molecule has 0 radical (unpaired) electrons. The molecule has 1 heterocycles. The Kier molecular flexibility index (Phi) is 2.51. The highest BCUT2D eigenvalue weighted by atomic mass is 15.2. The van der Waals surface area contributed by atoms with E-state index < -0.39 is 0 Å². The number of aromatic amines is 1. The molecule has 2 aromatic rings. The summed E-state index contributed by atoms with van der Waals surface area (Å²) in [4.78, 5) is 4.35. The highest BCUT2D eigenvalue weighted by Crippen LogP contribution is 2.19. The maximum Gasteiger partial charge on any atom is 0.181 e. The van der Waals surface area contributed by atoms with E-state index in [1.54, 1.807) is 0 Å². The van der Waals surface area contributed by atoms with Gasteiger partial charge in [0, 0.05) is 5.56 Å². The zero-order valence-electron chi connectivity index (χ0n) is 8.86. The summed E-state index contributed by atoms with van der Waals surface area (Å²) in [5.74, 6) is 1.42. The van der Waals surface area contributed by atoms with Crippen molar-refractivity contribution < 1.29 is 0 Å². The molecule has 2 rings (SSSR count). The Hall–Kier alpha value is -1.68. The molecule has 78 valence electrons. The average molecular weight is 202 g/mol. The number of nitrogens with two attached hydrogens (primary N) is 1. The van der Waals surface area contributed by atoms with E-state index in [0.717, 1.165) is 11.1 Å². The van der Waals surface area contributed by atoms with Crippen molar-refractivity contribution in [3.63, 3.8) is 0 Å². The largest absolute Gasteiger partial charge is 0.322 e. The van der Waals surface area contributed by atoms with E-state index in [9.17, 15) is 0 Å². The van der Waals surface area contributed by atoms with E-state index in [-0.39, 0.29) is 6.04 Å². The van der Waals surface area contributed by atoms with E-state index in [1.165, 1.54) is 0 Å². The normalized spacial score (nSPS) is 12.7. The van der Waals surface area contributed by atoms with Crippen LogP contribution in [0, 0.1) is 6.92 Å². The number of aromatic nitrogens is 3. The zero-order valence-corrected chi connectivity index (χ0v) is 8.86. The molecule has 4 nitrogen and oxygen atoms in total. The Morgan fingerprint density at radius 3 is 2.67 bits per heavy atom. The molecule has 0 saturated heterocycles. The van der Waals surface area contributed by atoms with E-state index >= 15 is 0 Å². The van der Waals surface area contributed by atoms with Gasteiger partial charge < -0.3 is 5.73 Å².